The maximum atomic E-state index is 13.9. The van der Waals surface area contributed by atoms with Crippen LogP contribution in [0.25, 0.3) is 0 Å². The van der Waals surface area contributed by atoms with E-state index < -0.39 is 21.6 Å². The first-order valence-electron chi connectivity index (χ1n) is 7.91. The molecule has 1 atom stereocenters. The summed E-state index contributed by atoms with van der Waals surface area (Å²) in [6, 6.07) is 11.7. The molecule has 1 saturated heterocycles. The first-order chi connectivity index (χ1) is 12.3. The van der Waals surface area contributed by atoms with E-state index in [1.165, 1.54) is 47.4 Å². The average molecular weight is 376 g/mol. The van der Waals surface area contributed by atoms with Crippen LogP contribution < -0.4 is 10.2 Å². The van der Waals surface area contributed by atoms with Crippen LogP contribution in [0.1, 0.15) is 6.42 Å². The Bertz CT molecular complexity index is 957. The summed E-state index contributed by atoms with van der Waals surface area (Å²) in [6.45, 7) is 0.0903. The van der Waals surface area contributed by atoms with Crippen LogP contribution in [-0.2, 0) is 19.4 Å². The number of amides is 2. The molecule has 1 aliphatic heterocycles. The predicted octanol–water partition coefficient (Wildman–Crippen LogP) is 2.22. The van der Waals surface area contributed by atoms with Crippen molar-refractivity contribution >= 4 is 33.0 Å². The van der Waals surface area contributed by atoms with Crippen LogP contribution in [0.2, 0.25) is 0 Å². The molecule has 8 heteroatoms. The molecule has 6 nitrogen and oxygen atoms in total. The molecule has 0 spiro atoms. The number of halogens is 1. The van der Waals surface area contributed by atoms with E-state index in [9.17, 15) is 22.4 Å². The number of carbonyl (C=O) groups is 2. The molecule has 1 heterocycles. The number of anilines is 2. The van der Waals surface area contributed by atoms with Gasteiger partial charge in [0.05, 0.1) is 16.5 Å². The normalized spacial score (nSPS) is 17.4. The second-order valence-electron chi connectivity index (χ2n) is 6.14. The largest absolute Gasteiger partial charge is 0.326 e. The third kappa shape index (κ3) is 3.75. The quantitative estimate of drug-likeness (QED) is 0.887. The monoisotopic (exact) mass is 376 g/mol. The Morgan fingerprint density at radius 2 is 1.81 bits per heavy atom. The minimum Gasteiger partial charge on any atom is -0.326 e. The van der Waals surface area contributed by atoms with Crippen LogP contribution in [0.5, 0.6) is 0 Å². The van der Waals surface area contributed by atoms with Crippen LogP contribution in [0.4, 0.5) is 15.8 Å². The summed E-state index contributed by atoms with van der Waals surface area (Å²) in [5, 5.41) is 2.66. The molecule has 0 saturated carbocycles. The molecule has 26 heavy (non-hydrogen) atoms. The molecule has 2 amide bonds. The predicted molar refractivity (Wildman–Crippen MR) is 95.0 cm³/mol. The highest BCUT2D eigenvalue weighted by atomic mass is 32.2. The zero-order chi connectivity index (χ0) is 18.9. The average Bonchev–Trinajstić information content (AvgIpc) is 2.97. The highest BCUT2D eigenvalue weighted by Gasteiger charge is 2.36. The van der Waals surface area contributed by atoms with Crippen LogP contribution in [-0.4, -0.2) is 33.0 Å². The lowest BCUT2D eigenvalue weighted by molar-refractivity contribution is -0.122. The van der Waals surface area contributed by atoms with Gasteiger partial charge in [0.15, 0.2) is 9.84 Å². The van der Waals surface area contributed by atoms with Crippen molar-refractivity contribution in [1.29, 1.82) is 0 Å². The van der Waals surface area contributed by atoms with Gasteiger partial charge in [0, 0.05) is 24.9 Å². The number of carbonyl (C=O) groups excluding carboxylic acids is 2. The molecule has 3 rings (SSSR count). The van der Waals surface area contributed by atoms with Crippen LogP contribution in [0, 0.1) is 11.7 Å². The molecule has 0 aromatic heterocycles. The summed E-state index contributed by atoms with van der Waals surface area (Å²) in [5.41, 5.74) is 0.587. The second kappa shape index (κ2) is 6.87. The lowest BCUT2D eigenvalue weighted by atomic mass is 10.1. The summed E-state index contributed by atoms with van der Waals surface area (Å²) in [7, 11) is -3.31. The summed E-state index contributed by atoms with van der Waals surface area (Å²) < 4.78 is 36.8. The van der Waals surface area contributed by atoms with Gasteiger partial charge >= 0.3 is 0 Å². The fourth-order valence-electron chi connectivity index (χ4n) is 2.82. The van der Waals surface area contributed by atoms with Gasteiger partial charge in [-0.25, -0.2) is 12.8 Å². The van der Waals surface area contributed by atoms with Crippen molar-refractivity contribution in [2.24, 2.45) is 5.92 Å². The van der Waals surface area contributed by atoms with Gasteiger partial charge in [0.25, 0.3) is 0 Å². The van der Waals surface area contributed by atoms with Gasteiger partial charge in [-0.1, -0.05) is 12.1 Å². The molecule has 0 radical (unpaired) electrons. The van der Waals surface area contributed by atoms with Crippen molar-refractivity contribution in [1.82, 2.24) is 0 Å². The topological polar surface area (TPSA) is 83.5 Å². The van der Waals surface area contributed by atoms with Gasteiger partial charge in [0.1, 0.15) is 5.82 Å². The summed E-state index contributed by atoms with van der Waals surface area (Å²) in [6.07, 6.45) is 1.09. The maximum absolute atomic E-state index is 13.9. The highest BCUT2D eigenvalue weighted by Crippen LogP contribution is 2.28. The van der Waals surface area contributed by atoms with E-state index in [4.69, 9.17) is 0 Å². The van der Waals surface area contributed by atoms with Crippen LogP contribution in [0.15, 0.2) is 53.4 Å². The summed E-state index contributed by atoms with van der Waals surface area (Å²) in [5.74, 6) is -1.82. The fraction of sp³-hybridized carbons (Fsp3) is 0.222. The number of hydrogen-bond acceptors (Lipinski definition) is 4. The van der Waals surface area contributed by atoms with E-state index in [0.717, 1.165) is 6.26 Å². The Morgan fingerprint density at radius 1 is 1.15 bits per heavy atom. The number of para-hydroxylation sites is 1. The molecular formula is C18H17FN2O4S. The molecule has 1 aliphatic rings. The SMILES string of the molecule is CS(=O)(=O)c1ccc(NC(=O)C2CC(=O)N(c3ccccc3F)C2)cc1. The lowest BCUT2D eigenvalue weighted by Gasteiger charge is -2.17. The standard InChI is InChI=1S/C18H17FN2O4S/c1-26(24,25)14-8-6-13(7-9-14)20-18(23)12-10-17(22)21(11-12)16-5-3-2-4-15(16)19/h2-9,12H,10-11H2,1H3,(H,20,23). The van der Waals surface area contributed by atoms with Crippen molar-refractivity contribution < 1.29 is 22.4 Å². The molecule has 2 aromatic carbocycles. The van der Waals surface area contributed by atoms with Crippen molar-refractivity contribution in [2.75, 3.05) is 23.0 Å². The third-order valence-corrected chi connectivity index (χ3v) is 5.32. The Morgan fingerprint density at radius 3 is 2.42 bits per heavy atom. The van der Waals surface area contributed by atoms with E-state index in [1.54, 1.807) is 6.07 Å². The minimum absolute atomic E-state index is 0.0123. The molecule has 2 aromatic rings. The highest BCUT2D eigenvalue weighted by molar-refractivity contribution is 7.90. The van der Waals surface area contributed by atoms with E-state index in [1.807, 2.05) is 0 Å². The lowest BCUT2D eigenvalue weighted by Crippen LogP contribution is -2.28. The van der Waals surface area contributed by atoms with E-state index in [-0.39, 0.29) is 35.4 Å². The number of hydrogen-bond donors (Lipinski definition) is 1. The smallest absolute Gasteiger partial charge is 0.229 e. The van der Waals surface area contributed by atoms with Gasteiger partial charge in [0.2, 0.25) is 11.8 Å². The molecule has 0 aliphatic carbocycles. The van der Waals surface area contributed by atoms with Crippen LogP contribution in [0.3, 0.4) is 0 Å². The van der Waals surface area contributed by atoms with Gasteiger partial charge in [-0.3, -0.25) is 9.59 Å². The zero-order valence-electron chi connectivity index (χ0n) is 14.0. The van der Waals surface area contributed by atoms with E-state index >= 15 is 0 Å². The Labute approximate surface area is 150 Å². The molecule has 136 valence electrons. The molecule has 1 fully saturated rings. The number of nitrogens with zero attached hydrogens (tertiary/aromatic N) is 1. The molecule has 1 N–H and O–H groups in total. The van der Waals surface area contributed by atoms with Crippen molar-refractivity contribution in [3.05, 3.63) is 54.3 Å². The fourth-order valence-corrected chi connectivity index (χ4v) is 3.45. The second-order valence-corrected chi connectivity index (χ2v) is 8.16. The van der Waals surface area contributed by atoms with Crippen LogP contribution >= 0.6 is 0 Å². The minimum atomic E-state index is -3.31. The van der Waals surface area contributed by atoms with E-state index in [2.05, 4.69) is 5.32 Å². The summed E-state index contributed by atoms with van der Waals surface area (Å²) >= 11 is 0. The maximum Gasteiger partial charge on any atom is 0.229 e. The number of benzene rings is 2. The van der Waals surface area contributed by atoms with Crippen molar-refractivity contribution in [3.63, 3.8) is 0 Å². The Hall–Kier alpha value is -2.74. The summed E-state index contributed by atoms with van der Waals surface area (Å²) in [4.78, 5) is 26.0. The first kappa shape index (κ1) is 18.1. The first-order valence-corrected chi connectivity index (χ1v) is 9.81. The Balaban J connectivity index is 1.70. The van der Waals surface area contributed by atoms with Gasteiger partial charge in [-0.15, -0.1) is 0 Å². The van der Waals surface area contributed by atoms with Gasteiger partial charge < -0.3 is 10.2 Å². The third-order valence-electron chi connectivity index (χ3n) is 4.19. The molecule has 1 unspecified atom stereocenters. The van der Waals surface area contributed by atoms with Crippen molar-refractivity contribution in [3.8, 4) is 0 Å². The molecular weight excluding hydrogens is 359 g/mol. The number of nitrogens with one attached hydrogen (secondary N) is 1. The number of rotatable bonds is 4. The van der Waals surface area contributed by atoms with Gasteiger partial charge in [-0.05, 0) is 36.4 Å². The van der Waals surface area contributed by atoms with Gasteiger partial charge in [-0.2, -0.15) is 0 Å². The number of sulfone groups is 1. The Kier molecular flexibility index (Phi) is 4.78. The van der Waals surface area contributed by atoms with Crippen molar-refractivity contribution in [2.45, 2.75) is 11.3 Å². The molecule has 0 bridgehead atoms. The van der Waals surface area contributed by atoms with E-state index in [0.29, 0.717) is 5.69 Å². The zero-order valence-corrected chi connectivity index (χ0v) is 14.8.